The zero-order valence-corrected chi connectivity index (χ0v) is 8.77. The van der Waals surface area contributed by atoms with Crippen molar-refractivity contribution in [3.05, 3.63) is 23.8 Å². The minimum Gasteiger partial charge on any atom is -0.454 e. The second kappa shape index (κ2) is 3.69. The molecular formula is C12H12N2O2. The summed E-state index contributed by atoms with van der Waals surface area (Å²) in [6, 6.07) is 8.28. The average molecular weight is 216 g/mol. The third-order valence-electron chi connectivity index (χ3n) is 3.20. The van der Waals surface area contributed by atoms with E-state index >= 15 is 0 Å². The van der Waals surface area contributed by atoms with Gasteiger partial charge in [0.1, 0.15) is 0 Å². The molecule has 0 amide bonds. The lowest BCUT2D eigenvalue weighted by Crippen LogP contribution is -2.08. The van der Waals surface area contributed by atoms with Crippen molar-refractivity contribution < 1.29 is 9.47 Å². The number of nitrogens with one attached hydrogen (secondary N) is 1. The van der Waals surface area contributed by atoms with Crippen LogP contribution in [0, 0.1) is 17.2 Å². The Hall–Kier alpha value is -1.73. The number of hydrogen-bond donors (Lipinski definition) is 1. The van der Waals surface area contributed by atoms with Crippen LogP contribution >= 0.6 is 0 Å². The molecule has 3 rings (SSSR count). The van der Waals surface area contributed by atoms with Crippen LogP contribution in [0.15, 0.2) is 18.2 Å². The number of rotatable bonds is 1. The molecule has 82 valence electrons. The van der Waals surface area contributed by atoms with Crippen molar-refractivity contribution in [2.45, 2.75) is 5.92 Å². The van der Waals surface area contributed by atoms with Gasteiger partial charge in [0.05, 0.1) is 12.0 Å². The molecule has 1 aromatic rings. The van der Waals surface area contributed by atoms with Gasteiger partial charge in [-0.05, 0) is 17.7 Å². The van der Waals surface area contributed by atoms with Crippen LogP contribution in [-0.4, -0.2) is 19.9 Å². The van der Waals surface area contributed by atoms with Crippen molar-refractivity contribution in [1.29, 1.82) is 5.26 Å². The lowest BCUT2D eigenvalue weighted by atomic mass is 9.90. The highest BCUT2D eigenvalue weighted by molar-refractivity contribution is 5.46. The van der Waals surface area contributed by atoms with Crippen LogP contribution in [0.3, 0.4) is 0 Å². The Morgan fingerprint density at radius 2 is 2.12 bits per heavy atom. The first-order chi connectivity index (χ1) is 7.88. The fourth-order valence-corrected chi connectivity index (χ4v) is 2.31. The first kappa shape index (κ1) is 9.49. The third-order valence-corrected chi connectivity index (χ3v) is 3.20. The molecule has 1 N–H and O–H groups in total. The summed E-state index contributed by atoms with van der Waals surface area (Å²) in [5.41, 5.74) is 1.15. The molecule has 0 spiro atoms. The van der Waals surface area contributed by atoms with E-state index in [0.717, 1.165) is 30.2 Å². The van der Waals surface area contributed by atoms with Crippen LogP contribution in [0.25, 0.3) is 0 Å². The summed E-state index contributed by atoms with van der Waals surface area (Å²) in [6.45, 7) is 1.93. The van der Waals surface area contributed by atoms with Crippen molar-refractivity contribution >= 4 is 0 Å². The van der Waals surface area contributed by atoms with Gasteiger partial charge < -0.3 is 14.8 Å². The van der Waals surface area contributed by atoms with Crippen molar-refractivity contribution in [2.75, 3.05) is 19.9 Å². The van der Waals surface area contributed by atoms with E-state index in [2.05, 4.69) is 11.4 Å². The first-order valence-corrected chi connectivity index (χ1v) is 5.38. The average Bonchev–Trinajstić information content (AvgIpc) is 2.96. The van der Waals surface area contributed by atoms with Crippen molar-refractivity contribution in [1.82, 2.24) is 5.32 Å². The summed E-state index contributed by atoms with van der Waals surface area (Å²) >= 11 is 0. The highest BCUT2D eigenvalue weighted by atomic mass is 16.7. The van der Waals surface area contributed by atoms with Crippen LogP contribution in [-0.2, 0) is 0 Å². The Kier molecular flexibility index (Phi) is 2.19. The zero-order chi connectivity index (χ0) is 11.0. The molecule has 2 heterocycles. The van der Waals surface area contributed by atoms with E-state index in [1.807, 2.05) is 18.2 Å². The monoisotopic (exact) mass is 216 g/mol. The minimum absolute atomic E-state index is 0.0559. The maximum absolute atomic E-state index is 9.05. The van der Waals surface area contributed by atoms with Gasteiger partial charge in [-0.1, -0.05) is 6.07 Å². The number of fused-ring (bicyclic) bond motifs is 1. The molecule has 0 aliphatic carbocycles. The fourth-order valence-electron chi connectivity index (χ4n) is 2.31. The molecule has 2 aliphatic rings. The predicted octanol–water partition coefficient (Wildman–Crippen LogP) is 1.24. The van der Waals surface area contributed by atoms with Crippen LogP contribution in [0.4, 0.5) is 0 Å². The van der Waals surface area contributed by atoms with E-state index in [1.54, 1.807) is 0 Å². The molecule has 2 atom stereocenters. The molecule has 2 aliphatic heterocycles. The maximum atomic E-state index is 9.05. The Balaban J connectivity index is 1.92. The van der Waals surface area contributed by atoms with Crippen molar-refractivity contribution in [3.8, 4) is 17.6 Å². The molecule has 4 nitrogen and oxygen atoms in total. The Labute approximate surface area is 93.8 Å². The quantitative estimate of drug-likeness (QED) is 0.767. The van der Waals surface area contributed by atoms with E-state index in [1.165, 1.54) is 0 Å². The fraction of sp³-hybridized carbons (Fsp3) is 0.417. The Morgan fingerprint density at radius 3 is 3.00 bits per heavy atom. The second-order valence-corrected chi connectivity index (χ2v) is 4.11. The van der Waals surface area contributed by atoms with Gasteiger partial charge in [0.25, 0.3) is 0 Å². The normalized spacial score (nSPS) is 26.7. The molecule has 1 aromatic carbocycles. The van der Waals surface area contributed by atoms with Crippen molar-refractivity contribution in [2.24, 2.45) is 5.92 Å². The summed E-state index contributed by atoms with van der Waals surface area (Å²) in [5.74, 6) is 1.91. The lowest BCUT2D eigenvalue weighted by molar-refractivity contribution is 0.174. The number of nitriles is 1. The molecule has 16 heavy (non-hydrogen) atoms. The van der Waals surface area contributed by atoms with Gasteiger partial charge in [0.15, 0.2) is 11.5 Å². The van der Waals surface area contributed by atoms with Gasteiger partial charge in [0, 0.05) is 19.0 Å². The Bertz CT molecular complexity index is 453. The van der Waals surface area contributed by atoms with Gasteiger partial charge in [-0.25, -0.2) is 0 Å². The zero-order valence-electron chi connectivity index (χ0n) is 8.77. The van der Waals surface area contributed by atoms with Gasteiger partial charge in [0.2, 0.25) is 6.79 Å². The molecule has 0 saturated carbocycles. The van der Waals surface area contributed by atoms with E-state index in [4.69, 9.17) is 14.7 Å². The second-order valence-electron chi connectivity index (χ2n) is 4.11. The summed E-state index contributed by atoms with van der Waals surface area (Å²) in [6.07, 6.45) is 0. The predicted molar refractivity (Wildman–Crippen MR) is 57.3 cm³/mol. The van der Waals surface area contributed by atoms with Crippen LogP contribution in [0.2, 0.25) is 0 Å². The van der Waals surface area contributed by atoms with Gasteiger partial charge in [-0.2, -0.15) is 5.26 Å². The molecule has 0 unspecified atom stereocenters. The minimum atomic E-state index is 0.0559. The summed E-state index contributed by atoms with van der Waals surface area (Å²) in [7, 11) is 0. The number of hydrogen-bond acceptors (Lipinski definition) is 4. The topological polar surface area (TPSA) is 54.3 Å². The molecule has 4 heteroatoms. The number of benzene rings is 1. The third kappa shape index (κ3) is 1.41. The van der Waals surface area contributed by atoms with Crippen LogP contribution in [0.5, 0.6) is 11.5 Å². The summed E-state index contributed by atoms with van der Waals surface area (Å²) < 4.78 is 10.6. The maximum Gasteiger partial charge on any atom is 0.231 e. The highest BCUT2D eigenvalue weighted by Gasteiger charge is 2.29. The van der Waals surface area contributed by atoms with Crippen molar-refractivity contribution in [3.63, 3.8) is 0 Å². The Morgan fingerprint density at radius 1 is 1.25 bits per heavy atom. The SMILES string of the molecule is N#C[C@H]1CNC[C@H]1c1ccc2c(c1)OCO2. The van der Waals surface area contributed by atoms with E-state index in [0.29, 0.717) is 6.79 Å². The molecular weight excluding hydrogens is 204 g/mol. The molecule has 1 saturated heterocycles. The molecule has 0 aromatic heterocycles. The first-order valence-electron chi connectivity index (χ1n) is 5.38. The van der Waals surface area contributed by atoms with Gasteiger partial charge >= 0.3 is 0 Å². The van der Waals surface area contributed by atoms with E-state index in [-0.39, 0.29) is 11.8 Å². The molecule has 1 fully saturated rings. The standard InChI is InChI=1S/C12H12N2O2/c13-4-9-5-14-6-10(9)8-1-2-11-12(3-8)16-7-15-11/h1-3,9-10,14H,5-7H2/t9-,10-/m0/s1. The smallest absolute Gasteiger partial charge is 0.231 e. The summed E-state index contributed by atoms with van der Waals surface area (Å²) in [4.78, 5) is 0. The van der Waals surface area contributed by atoms with E-state index in [9.17, 15) is 0 Å². The summed E-state index contributed by atoms with van der Waals surface area (Å²) in [5, 5.41) is 12.3. The van der Waals surface area contributed by atoms with E-state index < -0.39 is 0 Å². The number of ether oxygens (including phenoxy) is 2. The lowest BCUT2D eigenvalue weighted by Gasteiger charge is -2.12. The largest absolute Gasteiger partial charge is 0.454 e. The molecule has 0 radical (unpaired) electrons. The van der Waals surface area contributed by atoms with Gasteiger partial charge in [-0.15, -0.1) is 0 Å². The molecule has 0 bridgehead atoms. The van der Waals surface area contributed by atoms with Crippen LogP contribution < -0.4 is 14.8 Å². The highest BCUT2D eigenvalue weighted by Crippen LogP contribution is 2.37. The number of nitrogens with zero attached hydrogens (tertiary/aromatic N) is 1. The van der Waals surface area contributed by atoms with Gasteiger partial charge in [-0.3, -0.25) is 0 Å². The van der Waals surface area contributed by atoms with Crippen LogP contribution in [0.1, 0.15) is 11.5 Å².